The van der Waals surface area contributed by atoms with Crippen molar-refractivity contribution in [1.29, 1.82) is 0 Å². The van der Waals surface area contributed by atoms with E-state index >= 15 is 0 Å². The summed E-state index contributed by atoms with van der Waals surface area (Å²) in [6.07, 6.45) is 0.448. The molecule has 0 radical (unpaired) electrons. The van der Waals surface area contributed by atoms with Gasteiger partial charge in [-0.1, -0.05) is 31.5 Å². The first kappa shape index (κ1) is 17.2. The highest BCUT2D eigenvalue weighted by Crippen LogP contribution is 2.43. The number of rotatable bonds is 3. The van der Waals surface area contributed by atoms with E-state index in [-0.39, 0.29) is 24.3 Å². The third-order valence-electron chi connectivity index (χ3n) is 5.29. The summed E-state index contributed by atoms with van der Waals surface area (Å²) < 4.78 is 5.43. The number of fused-ring (bicyclic) bond motifs is 1. The molecule has 1 aromatic carbocycles. The highest BCUT2D eigenvalue weighted by atomic mass is 35.5. The Hall–Kier alpha value is -1.59. The van der Waals surface area contributed by atoms with E-state index in [1.54, 1.807) is 17.0 Å². The van der Waals surface area contributed by atoms with Gasteiger partial charge in [0.15, 0.2) is 0 Å². The van der Waals surface area contributed by atoms with E-state index in [0.29, 0.717) is 36.8 Å². The number of halogens is 1. The van der Waals surface area contributed by atoms with Crippen LogP contribution >= 0.6 is 11.6 Å². The molecule has 2 aliphatic heterocycles. The molecule has 0 spiro atoms. The Kier molecular flexibility index (Phi) is 4.58. The van der Waals surface area contributed by atoms with Gasteiger partial charge in [-0.2, -0.15) is 0 Å². The number of ether oxygens (including phenoxy) is 1. The lowest BCUT2D eigenvalue weighted by Crippen LogP contribution is -2.45. The first-order valence-corrected chi connectivity index (χ1v) is 8.63. The Bertz CT molecular complexity index is 675. The molecule has 1 aromatic rings. The second-order valence-electron chi connectivity index (χ2n) is 7.06. The Morgan fingerprint density at radius 2 is 2.17 bits per heavy atom. The van der Waals surface area contributed by atoms with Crippen molar-refractivity contribution in [3.63, 3.8) is 0 Å². The van der Waals surface area contributed by atoms with Crippen molar-refractivity contribution in [2.24, 2.45) is 11.3 Å². The first-order chi connectivity index (χ1) is 11.3. The molecular formula is C18H22ClNO4. The monoisotopic (exact) mass is 351 g/mol. The zero-order chi connectivity index (χ0) is 17.5. The van der Waals surface area contributed by atoms with E-state index in [1.807, 2.05) is 19.9 Å². The molecule has 0 aromatic heterocycles. The summed E-state index contributed by atoms with van der Waals surface area (Å²) in [5, 5.41) is 10.3. The maximum atomic E-state index is 12.8. The van der Waals surface area contributed by atoms with Crippen LogP contribution in [0.5, 0.6) is 0 Å². The van der Waals surface area contributed by atoms with Gasteiger partial charge in [-0.3, -0.25) is 9.59 Å². The number of carbonyl (C=O) groups is 2. The summed E-state index contributed by atoms with van der Waals surface area (Å²) in [7, 11) is 0. The van der Waals surface area contributed by atoms with Gasteiger partial charge in [0.2, 0.25) is 0 Å². The average Bonchev–Trinajstić information content (AvgIpc) is 2.94. The number of nitrogens with zero attached hydrogens (tertiary/aromatic N) is 1. The van der Waals surface area contributed by atoms with E-state index in [2.05, 4.69) is 0 Å². The van der Waals surface area contributed by atoms with E-state index in [0.717, 1.165) is 5.56 Å². The predicted molar refractivity (Wildman–Crippen MR) is 90.4 cm³/mol. The quantitative estimate of drug-likeness (QED) is 0.909. The van der Waals surface area contributed by atoms with Gasteiger partial charge in [-0.15, -0.1) is 0 Å². The summed E-state index contributed by atoms with van der Waals surface area (Å²) in [6, 6.07) is 5.33. The lowest BCUT2D eigenvalue weighted by Gasteiger charge is -2.33. The second kappa shape index (κ2) is 6.37. The van der Waals surface area contributed by atoms with Gasteiger partial charge >= 0.3 is 5.97 Å². The van der Waals surface area contributed by atoms with Crippen molar-refractivity contribution < 1.29 is 19.4 Å². The number of hydrogen-bond acceptors (Lipinski definition) is 3. The molecule has 5 nitrogen and oxygen atoms in total. The minimum atomic E-state index is -0.879. The van der Waals surface area contributed by atoms with Crippen LogP contribution in [0, 0.1) is 11.3 Å². The molecule has 1 amide bonds. The molecule has 3 rings (SSSR count). The fourth-order valence-corrected chi connectivity index (χ4v) is 4.16. The van der Waals surface area contributed by atoms with Gasteiger partial charge in [0.25, 0.3) is 5.91 Å². The zero-order valence-corrected chi connectivity index (χ0v) is 14.7. The summed E-state index contributed by atoms with van der Waals surface area (Å²) in [5.41, 5.74) is 0.624. The highest BCUT2D eigenvalue weighted by Gasteiger charge is 2.54. The van der Waals surface area contributed by atoms with Crippen molar-refractivity contribution in [2.75, 3.05) is 26.3 Å². The molecule has 0 bridgehead atoms. The molecule has 24 heavy (non-hydrogen) atoms. The molecule has 6 heteroatoms. The molecule has 0 saturated carbocycles. The molecule has 2 atom stereocenters. The number of carboxylic acid groups (broad SMARTS) is 1. The number of benzene rings is 1. The van der Waals surface area contributed by atoms with Gasteiger partial charge in [0.1, 0.15) is 0 Å². The minimum absolute atomic E-state index is 0.155. The van der Waals surface area contributed by atoms with Gasteiger partial charge < -0.3 is 14.7 Å². The number of carbonyl (C=O) groups excluding carboxylic acids is 1. The Balaban J connectivity index is 1.84. The van der Waals surface area contributed by atoms with Gasteiger partial charge in [0.05, 0.1) is 12.0 Å². The SMILES string of the molecule is CC(C)c1ccc(C(=O)N2C[C@H]3COCC[C@@]3(C(=O)O)C2)cc1Cl. The van der Waals surface area contributed by atoms with Crippen molar-refractivity contribution in [3.8, 4) is 0 Å². The van der Waals surface area contributed by atoms with Gasteiger partial charge in [0, 0.05) is 36.2 Å². The topological polar surface area (TPSA) is 66.8 Å². The first-order valence-electron chi connectivity index (χ1n) is 8.25. The fourth-order valence-electron chi connectivity index (χ4n) is 3.77. The lowest BCUT2D eigenvalue weighted by molar-refractivity contribution is -0.157. The molecule has 130 valence electrons. The average molecular weight is 352 g/mol. The van der Waals surface area contributed by atoms with Crippen LogP contribution in [0.15, 0.2) is 18.2 Å². The normalized spacial score (nSPS) is 26.5. The van der Waals surface area contributed by atoms with Crippen LogP contribution in [0.1, 0.15) is 42.1 Å². The van der Waals surface area contributed by atoms with E-state index in [9.17, 15) is 14.7 Å². The number of likely N-dealkylation sites (tertiary alicyclic amines) is 1. The van der Waals surface area contributed by atoms with Crippen LogP contribution in [-0.4, -0.2) is 48.2 Å². The summed E-state index contributed by atoms with van der Waals surface area (Å²) in [4.78, 5) is 26.3. The number of carboxylic acids is 1. The third-order valence-corrected chi connectivity index (χ3v) is 5.62. The summed E-state index contributed by atoms with van der Waals surface area (Å²) in [6.45, 7) is 5.56. The molecule has 2 aliphatic rings. The summed E-state index contributed by atoms with van der Waals surface area (Å²) in [5.74, 6) is -0.872. The zero-order valence-electron chi connectivity index (χ0n) is 13.9. The largest absolute Gasteiger partial charge is 0.481 e. The maximum Gasteiger partial charge on any atom is 0.311 e. The highest BCUT2D eigenvalue weighted by molar-refractivity contribution is 6.31. The van der Waals surface area contributed by atoms with Crippen molar-refractivity contribution in [3.05, 3.63) is 34.3 Å². The fraction of sp³-hybridized carbons (Fsp3) is 0.556. The molecule has 2 saturated heterocycles. The predicted octanol–water partition coefficient (Wildman–Crippen LogP) is 3.03. The van der Waals surface area contributed by atoms with Crippen LogP contribution in [0.3, 0.4) is 0 Å². The Labute approximate surface area is 146 Å². The lowest BCUT2D eigenvalue weighted by atomic mass is 9.74. The smallest absolute Gasteiger partial charge is 0.311 e. The van der Waals surface area contributed by atoms with E-state index in [4.69, 9.17) is 16.3 Å². The minimum Gasteiger partial charge on any atom is -0.481 e. The molecule has 2 heterocycles. The maximum absolute atomic E-state index is 12.8. The Morgan fingerprint density at radius 3 is 2.75 bits per heavy atom. The number of amides is 1. The molecule has 2 fully saturated rings. The van der Waals surface area contributed by atoms with E-state index in [1.165, 1.54) is 0 Å². The third kappa shape index (κ3) is 2.80. The van der Waals surface area contributed by atoms with Crippen molar-refractivity contribution in [2.45, 2.75) is 26.2 Å². The Morgan fingerprint density at radius 1 is 1.42 bits per heavy atom. The van der Waals surface area contributed by atoms with Crippen LogP contribution in [0.25, 0.3) is 0 Å². The number of hydrogen-bond donors (Lipinski definition) is 1. The van der Waals surface area contributed by atoms with E-state index < -0.39 is 11.4 Å². The molecular weight excluding hydrogens is 330 g/mol. The van der Waals surface area contributed by atoms with Gasteiger partial charge in [-0.25, -0.2) is 0 Å². The molecule has 0 unspecified atom stereocenters. The summed E-state index contributed by atoms with van der Waals surface area (Å²) >= 11 is 6.29. The van der Waals surface area contributed by atoms with Gasteiger partial charge in [-0.05, 0) is 30.0 Å². The molecule has 1 N–H and O–H groups in total. The second-order valence-corrected chi connectivity index (χ2v) is 7.47. The molecule has 0 aliphatic carbocycles. The van der Waals surface area contributed by atoms with Crippen LogP contribution in [0.4, 0.5) is 0 Å². The standard InChI is InChI=1S/C18H22ClNO4/c1-11(2)14-4-3-12(7-15(14)19)16(21)20-8-13-9-24-6-5-18(13,10-20)17(22)23/h3-4,7,11,13H,5-6,8-10H2,1-2H3,(H,22,23)/t13-,18+/m0/s1. The van der Waals surface area contributed by atoms with Crippen molar-refractivity contribution in [1.82, 2.24) is 4.90 Å². The van der Waals surface area contributed by atoms with Crippen LogP contribution in [-0.2, 0) is 9.53 Å². The van der Waals surface area contributed by atoms with Crippen molar-refractivity contribution >= 4 is 23.5 Å². The van der Waals surface area contributed by atoms with Crippen LogP contribution < -0.4 is 0 Å². The number of aliphatic carboxylic acids is 1. The van der Waals surface area contributed by atoms with Crippen LogP contribution in [0.2, 0.25) is 5.02 Å².